The molecule has 9 heteroatoms. The summed E-state index contributed by atoms with van der Waals surface area (Å²) in [6, 6.07) is 12.9. The second kappa shape index (κ2) is 8.66. The molecule has 1 aromatic heterocycles. The summed E-state index contributed by atoms with van der Waals surface area (Å²) in [5.41, 5.74) is 0.687. The molecule has 0 amide bonds. The number of hydrogen-bond acceptors (Lipinski definition) is 9. The predicted molar refractivity (Wildman–Crippen MR) is 109 cm³/mol. The highest BCUT2D eigenvalue weighted by Gasteiger charge is 2.44. The molecule has 1 fully saturated rings. The van der Waals surface area contributed by atoms with Gasteiger partial charge in [0.05, 0.1) is 19.1 Å². The van der Waals surface area contributed by atoms with Crippen LogP contribution < -0.4 is 14.9 Å². The largest absolute Gasteiger partial charge is 0.497 e. The first kappa shape index (κ1) is 21.3. The summed E-state index contributed by atoms with van der Waals surface area (Å²) >= 11 is 0. The molecular formula is C22H22O9. The van der Waals surface area contributed by atoms with Gasteiger partial charge in [-0.2, -0.15) is 0 Å². The lowest BCUT2D eigenvalue weighted by molar-refractivity contribution is -0.277. The van der Waals surface area contributed by atoms with Crippen LogP contribution in [0.15, 0.2) is 57.7 Å². The molecule has 5 atom stereocenters. The Labute approximate surface area is 176 Å². The van der Waals surface area contributed by atoms with Crippen LogP contribution in [0, 0.1) is 0 Å². The maximum absolute atomic E-state index is 12.5. The van der Waals surface area contributed by atoms with Gasteiger partial charge >= 0.3 is 0 Å². The monoisotopic (exact) mass is 430 g/mol. The fourth-order valence-corrected chi connectivity index (χ4v) is 3.41. The third-order valence-corrected chi connectivity index (χ3v) is 5.18. The highest BCUT2D eigenvalue weighted by molar-refractivity contribution is 5.80. The number of hydrogen-bond donors (Lipinski definition) is 4. The topological polar surface area (TPSA) is 139 Å². The molecule has 1 aliphatic heterocycles. The van der Waals surface area contributed by atoms with E-state index in [1.807, 2.05) is 0 Å². The summed E-state index contributed by atoms with van der Waals surface area (Å²) in [6.45, 7) is -0.567. The molecule has 9 nitrogen and oxygen atoms in total. The van der Waals surface area contributed by atoms with Gasteiger partial charge in [-0.05, 0) is 36.4 Å². The van der Waals surface area contributed by atoms with E-state index in [0.717, 1.165) is 0 Å². The maximum atomic E-state index is 12.5. The first-order valence-electron chi connectivity index (χ1n) is 9.61. The van der Waals surface area contributed by atoms with Crippen LogP contribution in [0.4, 0.5) is 0 Å². The van der Waals surface area contributed by atoms with E-state index in [0.29, 0.717) is 22.5 Å². The van der Waals surface area contributed by atoms with Crippen LogP contribution in [0.3, 0.4) is 0 Å². The van der Waals surface area contributed by atoms with Crippen molar-refractivity contribution in [2.24, 2.45) is 0 Å². The normalized spacial score (nSPS) is 26.0. The molecule has 0 spiro atoms. The summed E-state index contributed by atoms with van der Waals surface area (Å²) in [4.78, 5) is 12.5. The van der Waals surface area contributed by atoms with E-state index in [-0.39, 0.29) is 16.8 Å². The average Bonchev–Trinajstić information content (AvgIpc) is 2.79. The number of fused-ring (bicyclic) bond motifs is 1. The van der Waals surface area contributed by atoms with Crippen LogP contribution in [-0.2, 0) is 4.74 Å². The molecule has 0 radical (unpaired) electrons. The molecule has 4 rings (SSSR count). The zero-order chi connectivity index (χ0) is 22.1. The molecule has 2 aromatic carbocycles. The molecule has 4 N–H and O–H groups in total. The first-order valence-corrected chi connectivity index (χ1v) is 9.61. The maximum Gasteiger partial charge on any atom is 0.229 e. The molecule has 3 aromatic rings. The molecule has 5 unspecified atom stereocenters. The second-order valence-corrected chi connectivity index (χ2v) is 7.18. The van der Waals surface area contributed by atoms with Crippen LogP contribution >= 0.6 is 0 Å². The Morgan fingerprint density at radius 2 is 1.65 bits per heavy atom. The lowest BCUT2D eigenvalue weighted by atomic mass is 9.99. The van der Waals surface area contributed by atoms with Crippen LogP contribution in [-0.4, -0.2) is 64.8 Å². The van der Waals surface area contributed by atoms with Crippen LogP contribution in [0.1, 0.15) is 0 Å². The van der Waals surface area contributed by atoms with E-state index in [2.05, 4.69) is 0 Å². The average molecular weight is 430 g/mol. The van der Waals surface area contributed by atoms with Gasteiger partial charge in [0.15, 0.2) is 5.43 Å². The Hall–Kier alpha value is -2.95. The molecule has 164 valence electrons. The minimum Gasteiger partial charge on any atom is -0.497 e. The molecule has 1 aliphatic rings. The molecule has 31 heavy (non-hydrogen) atoms. The number of methoxy groups -OCH3 is 1. The van der Waals surface area contributed by atoms with Crippen molar-refractivity contribution in [2.45, 2.75) is 30.7 Å². The second-order valence-electron chi connectivity index (χ2n) is 7.18. The first-order chi connectivity index (χ1) is 14.9. The van der Waals surface area contributed by atoms with Gasteiger partial charge in [-0.15, -0.1) is 0 Å². The highest BCUT2D eigenvalue weighted by Crippen LogP contribution is 2.29. The van der Waals surface area contributed by atoms with E-state index >= 15 is 0 Å². The number of aliphatic hydroxyl groups is 4. The van der Waals surface area contributed by atoms with Gasteiger partial charge in [-0.3, -0.25) is 4.79 Å². The smallest absolute Gasteiger partial charge is 0.229 e. The van der Waals surface area contributed by atoms with Gasteiger partial charge in [-0.1, -0.05) is 0 Å². The van der Waals surface area contributed by atoms with Crippen molar-refractivity contribution in [2.75, 3.05) is 13.7 Å². The van der Waals surface area contributed by atoms with E-state index < -0.39 is 37.3 Å². The minimum absolute atomic E-state index is 0.201. The van der Waals surface area contributed by atoms with Gasteiger partial charge in [0.2, 0.25) is 6.29 Å². The van der Waals surface area contributed by atoms with Crippen LogP contribution in [0.5, 0.6) is 11.5 Å². The summed E-state index contributed by atoms with van der Waals surface area (Å²) in [5.74, 6) is 1.22. The number of aliphatic hydroxyl groups excluding tert-OH is 4. The van der Waals surface area contributed by atoms with Gasteiger partial charge < -0.3 is 39.1 Å². The van der Waals surface area contributed by atoms with E-state index in [9.17, 15) is 25.2 Å². The molecule has 2 heterocycles. The Balaban J connectivity index is 1.64. The quantitative estimate of drug-likeness (QED) is 0.459. The molecule has 1 saturated heterocycles. The lowest BCUT2D eigenvalue weighted by Gasteiger charge is -2.39. The third-order valence-electron chi connectivity index (χ3n) is 5.18. The Bertz CT molecular complexity index is 1110. The molecular weight excluding hydrogens is 408 g/mol. The minimum atomic E-state index is -1.56. The predicted octanol–water partition coefficient (Wildman–Crippen LogP) is 0.647. The fourth-order valence-electron chi connectivity index (χ4n) is 3.41. The van der Waals surface area contributed by atoms with Gasteiger partial charge in [0.25, 0.3) is 0 Å². The van der Waals surface area contributed by atoms with Crippen molar-refractivity contribution in [3.05, 3.63) is 58.8 Å². The van der Waals surface area contributed by atoms with Crippen molar-refractivity contribution >= 4 is 11.0 Å². The van der Waals surface area contributed by atoms with Crippen molar-refractivity contribution in [1.29, 1.82) is 0 Å². The van der Waals surface area contributed by atoms with Crippen molar-refractivity contribution < 1.29 is 39.1 Å². The SMILES string of the molecule is COc1ccc(-c2cc(=O)c3ccc(OC4OC(CO)C(O)C(O)C4O)cc3o2)cc1. The van der Waals surface area contributed by atoms with Crippen molar-refractivity contribution in [1.82, 2.24) is 0 Å². The number of rotatable bonds is 5. The zero-order valence-electron chi connectivity index (χ0n) is 16.5. The molecule has 0 saturated carbocycles. The van der Waals surface area contributed by atoms with E-state index in [1.54, 1.807) is 31.4 Å². The Kier molecular flexibility index (Phi) is 5.94. The Morgan fingerprint density at radius 3 is 2.32 bits per heavy atom. The zero-order valence-corrected chi connectivity index (χ0v) is 16.5. The van der Waals surface area contributed by atoms with Gasteiger partial charge in [-0.25, -0.2) is 0 Å². The standard InChI is InChI=1S/C22H22O9/c1-28-12-4-2-11(3-5-12)16-9-15(24)14-7-6-13(8-17(14)30-16)29-22-21(27)20(26)19(25)18(10-23)31-22/h2-9,18-23,25-27H,10H2,1H3. The van der Waals surface area contributed by atoms with Crippen molar-refractivity contribution in [3.63, 3.8) is 0 Å². The van der Waals surface area contributed by atoms with Crippen molar-refractivity contribution in [3.8, 4) is 22.8 Å². The summed E-state index contributed by atoms with van der Waals surface area (Å²) < 4.78 is 22.0. The van der Waals surface area contributed by atoms with Gasteiger partial charge in [0, 0.05) is 17.7 Å². The van der Waals surface area contributed by atoms with Crippen LogP contribution in [0.25, 0.3) is 22.3 Å². The summed E-state index contributed by atoms with van der Waals surface area (Å²) in [7, 11) is 1.56. The summed E-state index contributed by atoms with van der Waals surface area (Å²) in [6.07, 6.45) is -7.03. The fraction of sp³-hybridized carbons (Fsp3) is 0.318. The summed E-state index contributed by atoms with van der Waals surface area (Å²) in [5, 5.41) is 39.6. The molecule has 0 bridgehead atoms. The molecule has 0 aliphatic carbocycles. The highest BCUT2D eigenvalue weighted by atomic mass is 16.7. The number of ether oxygens (including phenoxy) is 3. The van der Waals surface area contributed by atoms with E-state index in [4.69, 9.17) is 18.6 Å². The lowest BCUT2D eigenvalue weighted by Crippen LogP contribution is -2.60. The Morgan fingerprint density at radius 1 is 0.935 bits per heavy atom. The van der Waals surface area contributed by atoms with Crippen LogP contribution in [0.2, 0.25) is 0 Å². The van der Waals surface area contributed by atoms with E-state index in [1.165, 1.54) is 24.3 Å². The third kappa shape index (κ3) is 4.14. The van der Waals surface area contributed by atoms with Gasteiger partial charge in [0.1, 0.15) is 47.3 Å². The number of benzene rings is 2.